The van der Waals surface area contributed by atoms with Crippen LogP contribution in [0, 0.1) is 0 Å². The van der Waals surface area contributed by atoms with Crippen LogP contribution in [0.1, 0.15) is 31.8 Å². The molecule has 0 unspecified atom stereocenters. The fourth-order valence-corrected chi connectivity index (χ4v) is 4.12. The molecule has 0 aliphatic carbocycles. The molecule has 0 saturated carbocycles. The predicted octanol–water partition coefficient (Wildman–Crippen LogP) is 2.15. The molecule has 0 N–H and O–H groups in total. The number of carbonyl (C=O) groups excluding carboxylic acids is 2. The van der Waals surface area contributed by atoms with Crippen LogP contribution in [-0.2, 0) is 12.8 Å². The number of hydrogen-bond donors (Lipinski definition) is 0. The van der Waals surface area contributed by atoms with E-state index in [-0.39, 0.29) is 11.8 Å². The van der Waals surface area contributed by atoms with Crippen molar-refractivity contribution >= 4 is 11.8 Å². The third kappa shape index (κ3) is 2.99. The quantitative estimate of drug-likeness (QED) is 0.804. The summed E-state index contributed by atoms with van der Waals surface area (Å²) in [4.78, 5) is 29.3. The minimum absolute atomic E-state index is 0.0245. The number of carbonyl (C=O) groups is 2. The van der Waals surface area contributed by atoms with Crippen molar-refractivity contribution in [3.8, 4) is 11.5 Å². The van der Waals surface area contributed by atoms with Crippen LogP contribution in [0.5, 0.6) is 11.5 Å². The molecule has 6 nitrogen and oxygen atoms in total. The van der Waals surface area contributed by atoms with Gasteiger partial charge in [-0.1, -0.05) is 0 Å². The first kappa shape index (κ1) is 17.1. The number of piperazine rings is 1. The molecule has 0 atom stereocenters. The van der Waals surface area contributed by atoms with Gasteiger partial charge in [0.1, 0.15) is 11.5 Å². The number of nitrogens with zero attached hydrogens (tertiary/aromatic N) is 2. The summed E-state index contributed by atoms with van der Waals surface area (Å²) in [5, 5.41) is 0. The van der Waals surface area contributed by atoms with Crippen molar-refractivity contribution < 1.29 is 19.1 Å². The van der Waals surface area contributed by atoms with Crippen molar-refractivity contribution in [2.45, 2.75) is 12.8 Å². The second-order valence-electron chi connectivity index (χ2n) is 7.43. The molecule has 6 heteroatoms. The fraction of sp³-hybridized carbons (Fsp3) is 0.364. The maximum absolute atomic E-state index is 12.8. The van der Waals surface area contributed by atoms with Gasteiger partial charge in [-0.25, -0.2) is 0 Å². The first-order valence-electron chi connectivity index (χ1n) is 9.79. The Morgan fingerprint density at radius 3 is 1.54 bits per heavy atom. The van der Waals surface area contributed by atoms with Gasteiger partial charge in [-0.2, -0.15) is 0 Å². The fourth-order valence-electron chi connectivity index (χ4n) is 4.12. The normalized spacial score (nSPS) is 17.6. The van der Waals surface area contributed by atoms with E-state index in [1.165, 1.54) is 0 Å². The van der Waals surface area contributed by atoms with Crippen molar-refractivity contribution in [2.75, 3.05) is 39.4 Å². The molecule has 3 aliphatic rings. The number of benzene rings is 2. The van der Waals surface area contributed by atoms with Gasteiger partial charge >= 0.3 is 0 Å². The van der Waals surface area contributed by atoms with Gasteiger partial charge in [0.25, 0.3) is 11.8 Å². The van der Waals surface area contributed by atoms with Crippen molar-refractivity contribution in [1.29, 1.82) is 0 Å². The molecular weight excluding hydrogens is 356 g/mol. The Bertz CT molecular complexity index is 870. The van der Waals surface area contributed by atoms with Gasteiger partial charge in [0.2, 0.25) is 0 Å². The number of ether oxygens (including phenoxy) is 2. The van der Waals surface area contributed by atoms with Crippen LogP contribution in [0.4, 0.5) is 0 Å². The van der Waals surface area contributed by atoms with Crippen LogP contribution in [0.3, 0.4) is 0 Å². The molecule has 28 heavy (non-hydrogen) atoms. The van der Waals surface area contributed by atoms with E-state index in [9.17, 15) is 9.59 Å². The number of rotatable bonds is 2. The van der Waals surface area contributed by atoms with E-state index in [4.69, 9.17) is 9.47 Å². The molecule has 2 aromatic carbocycles. The van der Waals surface area contributed by atoms with E-state index in [1.807, 2.05) is 46.2 Å². The Balaban J connectivity index is 1.23. The topological polar surface area (TPSA) is 59.1 Å². The van der Waals surface area contributed by atoms with E-state index in [2.05, 4.69) is 0 Å². The van der Waals surface area contributed by atoms with Gasteiger partial charge in [-0.15, -0.1) is 0 Å². The van der Waals surface area contributed by atoms with Crippen LogP contribution in [0.25, 0.3) is 0 Å². The highest BCUT2D eigenvalue weighted by Gasteiger charge is 2.27. The maximum atomic E-state index is 12.8. The van der Waals surface area contributed by atoms with Crippen LogP contribution < -0.4 is 9.47 Å². The Morgan fingerprint density at radius 1 is 0.679 bits per heavy atom. The third-order valence-electron chi connectivity index (χ3n) is 5.73. The zero-order valence-corrected chi connectivity index (χ0v) is 15.6. The molecule has 1 saturated heterocycles. The lowest BCUT2D eigenvalue weighted by Gasteiger charge is -2.35. The molecule has 5 rings (SSSR count). The van der Waals surface area contributed by atoms with Crippen LogP contribution in [0.15, 0.2) is 36.4 Å². The van der Waals surface area contributed by atoms with Crippen molar-refractivity contribution in [2.24, 2.45) is 0 Å². The predicted molar refractivity (Wildman–Crippen MR) is 103 cm³/mol. The summed E-state index contributed by atoms with van der Waals surface area (Å²) in [7, 11) is 0. The van der Waals surface area contributed by atoms with E-state index >= 15 is 0 Å². The number of amides is 2. The van der Waals surface area contributed by atoms with Gasteiger partial charge in [0, 0.05) is 50.1 Å². The first-order chi connectivity index (χ1) is 13.7. The first-order valence-corrected chi connectivity index (χ1v) is 9.79. The molecule has 0 spiro atoms. The lowest BCUT2D eigenvalue weighted by atomic mass is 10.1. The molecule has 3 heterocycles. The highest BCUT2D eigenvalue weighted by Crippen LogP contribution is 2.28. The van der Waals surface area contributed by atoms with E-state index in [0.29, 0.717) is 50.5 Å². The molecule has 1 fully saturated rings. The lowest BCUT2D eigenvalue weighted by molar-refractivity contribution is 0.0535. The third-order valence-corrected chi connectivity index (χ3v) is 5.73. The van der Waals surface area contributed by atoms with Gasteiger partial charge in [0.15, 0.2) is 0 Å². The Morgan fingerprint density at radius 2 is 1.11 bits per heavy atom. The van der Waals surface area contributed by atoms with E-state index in [1.54, 1.807) is 0 Å². The van der Waals surface area contributed by atoms with Crippen LogP contribution in [0.2, 0.25) is 0 Å². The van der Waals surface area contributed by atoms with Crippen molar-refractivity contribution in [3.05, 3.63) is 58.7 Å². The monoisotopic (exact) mass is 378 g/mol. The lowest BCUT2D eigenvalue weighted by Crippen LogP contribution is -2.50. The van der Waals surface area contributed by atoms with E-state index < -0.39 is 0 Å². The minimum atomic E-state index is 0.0245. The second-order valence-corrected chi connectivity index (χ2v) is 7.43. The Labute approximate surface area is 163 Å². The summed E-state index contributed by atoms with van der Waals surface area (Å²) in [6, 6.07) is 11.3. The second kappa shape index (κ2) is 6.86. The summed E-state index contributed by atoms with van der Waals surface area (Å²) < 4.78 is 11.0. The zero-order valence-electron chi connectivity index (χ0n) is 15.6. The van der Waals surface area contributed by atoms with Crippen molar-refractivity contribution in [3.63, 3.8) is 0 Å². The average Bonchev–Trinajstić information content (AvgIpc) is 3.40. The summed E-state index contributed by atoms with van der Waals surface area (Å²) >= 11 is 0. The number of hydrogen-bond acceptors (Lipinski definition) is 4. The molecule has 3 aliphatic heterocycles. The Kier molecular flexibility index (Phi) is 4.19. The van der Waals surface area contributed by atoms with Crippen LogP contribution in [-0.4, -0.2) is 61.0 Å². The highest BCUT2D eigenvalue weighted by atomic mass is 16.5. The maximum Gasteiger partial charge on any atom is 0.253 e. The average molecular weight is 378 g/mol. The minimum Gasteiger partial charge on any atom is -0.493 e. The molecule has 0 radical (unpaired) electrons. The highest BCUT2D eigenvalue weighted by molar-refractivity contribution is 5.96. The summed E-state index contributed by atoms with van der Waals surface area (Å²) in [6.45, 7) is 3.56. The van der Waals surface area contributed by atoms with E-state index in [0.717, 1.165) is 35.5 Å². The zero-order chi connectivity index (χ0) is 19.1. The SMILES string of the molecule is O=C(c1ccc2c(c1)CCO2)N1CCN(C(=O)c2ccc3c(c2)CCO3)CC1. The molecule has 2 amide bonds. The van der Waals surface area contributed by atoms with Gasteiger partial charge in [0.05, 0.1) is 13.2 Å². The van der Waals surface area contributed by atoms with Crippen LogP contribution >= 0.6 is 0 Å². The molecule has 0 aromatic heterocycles. The summed E-state index contributed by atoms with van der Waals surface area (Å²) in [6.07, 6.45) is 1.70. The van der Waals surface area contributed by atoms with Gasteiger partial charge in [-0.3, -0.25) is 9.59 Å². The molecule has 0 bridgehead atoms. The standard InChI is InChI=1S/C22H22N2O4/c25-21(17-1-3-19-15(13-17)5-11-27-19)23-7-9-24(10-8-23)22(26)18-2-4-20-16(14-18)6-12-28-20/h1-4,13-14H,5-12H2. The smallest absolute Gasteiger partial charge is 0.253 e. The molecule has 144 valence electrons. The summed E-state index contributed by atoms with van der Waals surface area (Å²) in [5.41, 5.74) is 3.59. The van der Waals surface area contributed by atoms with Gasteiger partial charge in [-0.05, 0) is 47.5 Å². The largest absolute Gasteiger partial charge is 0.493 e. The number of fused-ring (bicyclic) bond motifs is 2. The molecule has 2 aromatic rings. The summed E-state index contributed by atoms with van der Waals surface area (Å²) in [5.74, 6) is 1.81. The Hall–Kier alpha value is -3.02. The molecular formula is C22H22N2O4. The van der Waals surface area contributed by atoms with Crippen molar-refractivity contribution in [1.82, 2.24) is 9.80 Å². The van der Waals surface area contributed by atoms with Gasteiger partial charge < -0.3 is 19.3 Å².